The highest BCUT2D eigenvalue weighted by Crippen LogP contribution is 2.75. The van der Waals surface area contributed by atoms with Gasteiger partial charge in [0.1, 0.15) is 6.10 Å². The summed E-state index contributed by atoms with van der Waals surface area (Å²) < 4.78 is 6.38. The molecule has 4 saturated carbocycles. The van der Waals surface area contributed by atoms with E-state index in [1.807, 2.05) is 0 Å². The Morgan fingerprint density at radius 2 is 1.36 bits per heavy atom. The lowest BCUT2D eigenvalue weighted by atomic mass is 9.33. The minimum atomic E-state index is -0.223. The van der Waals surface area contributed by atoms with Crippen molar-refractivity contribution in [3.63, 3.8) is 0 Å². The number of carbonyl (C=O) groups excluding carboxylic acids is 1. The number of hydrogen-bond acceptors (Lipinski definition) is 3. The zero-order valence-corrected chi connectivity index (χ0v) is 32.6. The molecule has 0 aromatic rings. The van der Waals surface area contributed by atoms with Gasteiger partial charge in [0.15, 0.2) is 0 Å². The monoisotopic (exact) mass is 653 g/mol. The van der Waals surface area contributed by atoms with E-state index in [9.17, 15) is 9.90 Å². The van der Waals surface area contributed by atoms with E-state index in [1.165, 1.54) is 89.9 Å². The first-order valence-corrected chi connectivity index (χ1v) is 20.6. The van der Waals surface area contributed by atoms with E-state index in [0.717, 1.165) is 38.5 Å². The van der Waals surface area contributed by atoms with Gasteiger partial charge in [0.05, 0.1) is 6.10 Å². The van der Waals surface area contributed by atoms with Gasteiger partial charge < -0.3 is 9.84 Å². The Bertz CT molecular complexity index is 1120. The van der Waals surface area contributed by atoms with Crippen molar-refractivity contribution in [1.29, 1.82) is 0 Å². The maximum atomic E-state index is 13.1. The SMILES string of the molecule is CCCCCCCCCCCCCC(=O)O[C@H]1CC[C@]2(C)[C@H]3CC=C4[C@@H]5CC(C)(C)CC[C@]5(C)[C@@H](O)C[C@@]4(C)[C@]3(C)CC[C@H]2C1(C)C. The molecule has 0 saturated heterocycles. The minimum Gasteiger partial charge on any atom is -0.462 e. The molecule has 0 radical (unpaired) electrons. The van der Waals surface area contributed by atoms with Gasteiger partial charge in [-0.3, -0.25) is 4.79 Å². The van der Waals surface area contributed by atoms with Crippen LogP contribution in [0.15, 0.2) is 11.6 Å². The van der Waals surface area contributed by atoms with Gasteiger partial charge in [-0.05, 0) is 104 Å². The fraction of sp³-hybridized carbons (Fsp3) is 0.932. The number of unbranched alkanes of at least 4 members (excludes halogenated alkanes) is 10. The van der Waals surface area contributed by atoms with Crippen LogP contribution in [0.5, 0.6) is 0 Å². The lowest BCUT2D eigenvalue weighted by Gasteiger charge is -2.72. The molecule has 0 heterocycles. The highest BCUT2D eigenvalue weighted by molar-refractivity contribution is 5.69. The first-order valence-electron chi connectivity index (χ1n) is 20.6. The summed E-state index contributed by atoms with van der Waals surface area (Å²) in [6, 6.07) is 0. The molecule has 0 unspecified atom stereocenters. The average molecular weight is 653 g/mol. The number of fused-ring (bicyclic) bond motifs is 7. The van der Waals surface area contributed by atoms with Crippen molar-refractivity contribution in [1.82, 2.24) is 0 Å². The molecular formula is C44H76O3. The van der Waals surface area contributed by atoms with Gasteiger partial charge >= 0.3 is 5.97 Å². The number of allylic oxidation sites excluding steroid dienone is 2. The summed E-state index contributed by atoms with van der Waals surface area (Å²) in [7, 11) is 0. The summed E-state index contributed by atoms with van der Waals surface area (Å²) >= 11 is 0. The van der Waals surface area contributed by atoms with Crippen molar-refractivity contribution in [2.24, 2.45) is 50.2 Å². The van der Waals surface area contributed by atoms with Crippen LogP contribution < -0.4 is 0 Å². The molecule has 0 bridgehead atoms. The topological polar surface area (TPSA) is 46.5 Å². The van der Waals surface area contributed by atoms with E-state index in [4.69, 9.17) is 4.74 Å². The number of rotatable bonds is 13. The van der Waals surface area contributed by atoms with Gasteiger partial charge in [-0.25, -0.2) is 0 Å². The van der Waals surface area contributed by atoms with Crippen molar-refractivity contribution in [3.05, 3.63) is 11.6 Å². The molecule has 3 nitrogen and oxygen atoms in total. The highest BCUT2D eigenvalue weighted by Gasteiger charge is 2.69. The quantitative estimate of drug-likeness (QED) is 0.122. The minimum absolute atomic E-state index is 0.0165. The number of carbonyl (C=O) groups is 1. The Morgan fingerprint density at radius 3 is 2.00 bits per heavy atom. The van der Waals surface area contributed by atoms with E-state index in [1.54, 1.807) is 5.57 Å². The van der Waals surface area contributed by atoms with Gasteiger partial charge in [0, 0.05) is 17.3 Å². The second-order valence-electron chi connectivity index (χ2n) is 20.1. The van der Waals surface area contributed by atoms with Gasteiger partial charge in [-0.1, -0.05) is 138 Å². The maximum Gasteiger partial charge on any atom is 0.306 e. The Labute approximate surface area is 291 Å². The largest absolute Gasteiger partial charge is 0.462 e. The summed E-state index contributed by atoms with van der Waals surface area (Å²) in [5.41, 5.74) is 2.50. The van der Waals surface area contributed by atoms with E-state index < -0.39 is 0 Å². The number of esters is 1. The molecule has 0 aromatic carbocycles. The van der Waals surface area contributed by atoms with Crippen LogP contribution in [-0.2, 0) is 9.53 Å². The maximum absolute atomic E-state index is 13.1. The highest BCUT2D eigenvalue weighted by atomic mass is 16.5. The van der Waals surface area contributed by atoms with Crippen LogP contribution in [-0.4, -0.2) is 23.3 Å². The number of aliphatic hydroxyl groups is 1. The number of ether oxygens (including phenoxy) is 1. The Morgan fingerprint density at radius 1 is 0.745 bits per heavy atom. The standard InChI is InChI=1S/C44H76O3/c1-10-11-12-13-14-15-16-17-18-19-20-21-38(46)47-37-25-26-42(7)34(40(37,4)5)24-27-43(8)35(42)23-22-32-33-30-39(2,3)28-29-41(33,6)36(45)31-44(32,43)9/h22,33-37,45H,10-21,23-31H2,1-9H3/t33-,34-,35+,36-,37-,41-,42-,43+,44+/m0/s1. The van der Waals surface area contributed by atoms with Crippen LogP contribution >= 0.6 is 0 Å². The number of aliphatic hydroxyl groups excluding tert-OH is 1. The third-order valence-electron chi connectivity index (χ3n) is 16.3. The van der Waals surface area contributed by atoms with Crippen LogP contribution in [0.3, 0.4) is 0 Å². The molecule has 0 aliphatic heterocycles. The van der Waals surface area contributed by atoms with Crippen molar-refractivity contribution >= 4 is 5.97 Å². The Hall–Kier alpha value is -0.830. The Balaban J connectivity index is 1.19. The normalized spacial score (nSPS) is 41.9. The van der Waals surface area contributed by atoms with E-state index in [0.29, 0.717) is 29.6 Å². The molecule has 9 atom stereocenters. The van der Waals surface area contributed by atoms with E-state index in [2.05, 4.69) is 68.4 Å². The van der Waals surface area contributed by atoms with Gasteiger partial charge in [-0.15, -0.1) is 0 Å². The lowest BCUT2D eigenvalue weighted by molar-refractivity contribution is -0.220. The molecule has 5 aliphatic rings. The summed E-state index contributed by atoms with van der Waals surface area (Å²) in [6.45, 7) is 22.2. The molecule has 5 aliphatic carbocycles. The third kappa shape index (κ3) is 6.81. The molecule has 270 valence electrons. The zero-order chi connectivity index (χ0) is 34.3. The summed E-state index contributed by atoms with van der Waals surface area (Å²) in [4.78, 5) is 13.1. The number of hydrogen-bond donors (Lipinski definition) is 1. The van der Waals surface area contributed by atoms with Crippen molar-refractivity contribution < 1.29 is 14.6 Å². The van der Waals surface area contributed by atoms with Crippen LogP contribution in [0, 0.1) is 50.2 Å². The van der Waals surface area contributed by atoms with E-state index in [-0.39, 0.29) is 45.3 Å². The predicted molar refractivity (Wildman–Crippen MR) is 197 cm³/mol. The summed E-state index contributed by atoms with van der Waals surface area (Å²) in [5, 5.41) is 11.9. The zero-order valence-electron chi connectivity index (χ0n) is 32.6. The molecule has 5 rings (SSSR count). The van der Waals surface area contributed by atoms with Gasteiger partial charge in [-0.2, -0.15) is 0 Å². The fourth-order valence-electron chi connectivity index (χ4n) is 12.9. The van der Waals surface area contributed by atoms with Crippen LogP contribution in [0.4, 0.5) is 0 Å². The molecule has 0 aromatic heterocycles. The molecule has 4 fully saturated rings. The molecular weight excluding hydrogens is 576 g/mol. The second-order valence-corrected chi connectivity index (χ2v) is 20.1. The summed E-state index contributed by atoms with van der Waals surface area (Å²) in [6.07, 6.45) is 27.6. The van der Waals surface area contributed by atoms with Crippen molar-refractivity contribution in [2.75, 3.05) is 0 Å². The average Bonchev–Trinajstić information content (AvgIpc) is 2.99. The third-order valence-corrected chi connectivity index (χ3v) is 16.3. The molecule has 3 heteroatoms. The predicted octanol–water partition coefficient (Wildman–Crippen LogP) is 12.4. The van der Waals surface area contributed by atoms with Crippen LogP contribution in [0.25, 0.3) is 0 Å². The molecule has 0 spiro atoms. The first-order chi connectivity index (χ1) is 22.1. The Kier molecular flexibility index (Phi) is 11.2. The first kappa shape index (κ1) is 37.4. The van der Waals surface area contributed by atoms with Gasteiger partial charge in [0.2, 0.25) is 0 Å². The fourth-order valence-corrected chi connectivity index (χ4v) is 12.9. The molecule has 1 N–H and O–H groups in total. The lowest BCUT2D eigenvalue weighted by Crippen LogP contribution is -2.66. The van der Waals surface area contributed by atoms with Crippen molar-refractivity contribution in [3.8, 4) is 0 Å². The molecule has 0 amide bonds. The second kappa shape index (κ2) is 14.1. The molecule has 47 heavy (non-hydrogen) atoms. The summed E-state index contributed by atoms with van der Waals surface area (Å²) in [5.74, 6) is 1.68. The van der Waals surface area contributed by atoms with Crippen molar-refractivity contribution in [2.45, 2.75) is 209 Å². The van der Waals surface area contributed by atoms with Crippen LogP contribution in [0.2, 0.25) is 0 Å². The van der Waals surface area contributed by atoms with Crippen LogP contribution in [0.1, 0.15) is 197 Å². The van der Waals surface area contributed by atoms with Gasteiger partial charge in [0.25, 0.3) is 0 Å². The smallest absolute Gasteiger partial charge is 0.306 e. The van der Waals surface area contributed by atoms with E-state index >= 15 is 0 Å².